The van der Waals surface area contributed by atoms with Crippen LogP contribution >= 0.6 is 0 Å². The molecule has 404 valence electrons. The molecular weight excluding hydrogens is 925 g/mol. The van der Waals surface area contributed by atoms with Gasteiger partial charge in [-0.15, -0.1) is 0 Å². The number of allylic oxidation sites excluding steroid dienone is 22. The third-order valence-corrected chi connectivity index (χ3v) is 11.2. The second-order valence-electron chi connectivity index (χ2n) is 17.3. The van der Waals surface area contributed by atoms with Crippen molar-refractivity contribution < 1.29 is 73.8 Å². The van der Waals surface area contributed by atoms with Gasteiger partial charge in [-0.05, 0) is 83.5 Å². The summed E-state index contributed by atoms with van der Waals surface area (Å²) < 4.78 is 33.4. The zero-order chi connectivity index (χ0) is 52.4. The molecule has 2 rings (SSSR count). The van der Waals surface area contributed by atoms with E-state index in [0.29, 0.717) is 19.3 Å². The number of ether oxygens (including phenoxy) is 6. The van der Waals surface area contributed by atoms with Crippen molar-refractivity contribution in [2.24, 2.45) is 0 Å². The molecule has 72 heavy (non-hydrogen) atoms. The Hall–Kier alpha value is -4.36. The summed E-state index contributed by atoms with van der Waals surface area (Å²) in [6.45, 7) is 2.19. The van der Waals surface area contributed by atoms with Crippen LogP contribution < -0.4 is 0 Å². The Labute approximate surface area is 428 Å². The second-order valence-corrected chi connectivity index (χ2v) is 17.3. The van der Waals surface area contributed by atoms with E-state index < -0.39 is 99.3 Å². The average Bonchev–Trinajstić information content (AvgIpc) is 3.37. The van der Waals surface area contributed by atoms with Crippen LogP contribution in [0.4, 0.5) is 0 Å². The van der Waals surface area contributed by atoms with Gasteiger partial charge in [0.1, 0.15) is 55.4 Å². The first kappa shape index (κ1) is 63.8. The number of esters is 2. The molecule has 2 heterocycles. The zero-order valence-corrected chi connectivity index (χ0v) is 42.6. The highest BCUT2D eigenvalue weighted by atomic mass is 16.7. The lowest BCUT2D eigenvalue weighted by Crippen LogP contribution is -2.61. The standard InChI is InChI=1S/C57H86O15/c1-3-5-7-9-11-13-15-17-18-19-20-21-22-23-24-25-26-28-29-31-33-35-37-39-48(59)67-42-45(70-49(60)40-38-36-34-32-30-27-16-14-12-10-8-6-4-2)43-68-56-55(66)53(64)51(62)47(72-56)44-69-57-54(65)52(63)50(61)46(41-58)71-57/h5-8,10-14,16-18,20-21,23-24,26-28,30-31,33,45-47,50-58,61-66H,3-4,9,15,19,22,25,29,32,34-44H2,1-2H3/b7-5+,8-6+,12-10+,13-11+,16-14+,18-17+,21-20+,24-23+,28-26+,30-27+,33-31+/t45?,46-,47-,50+,51+,52?,53?,54?,55?,56-,57-/m1/s1. The van der Waals surface area contributed by atoms with Crippen molar-refractivity contribution in [3.8, 4) is 0 Å². The van der Waals surface area contributed by atoms with Gasteiger partial charge in [-0.1, -0.05) is 154 Å². The average molecular weight is 1010 g/mol. The van der Waals surface area contributed by atoms with E-state index in [0.717, 1.165) is 70.6 Å². The Morgan fingerprint density at radius 1 is 0.458 bits per heavy atom. The third kappa shape index (κ3) is 29.4. The van der Waals surface area contributed by atoms with Crippen LogP contribution in [0.25, 0.3) is 0 Å². The number of carbonyl (C=O) groups is 2. The second kappa shape index (κ2) is 42.0. The fourth-order valence-electron chi connectivity index (χ4n) is 7.04. The van der Waals surface area contributed by atoms with E-state index in [1.807, 2.05) is 48.6 Å². The molecule has 0 aliphatic carbocycles. The molecule has 2 aliphatic heterocycles. The Kier molecular flexibility index (Phi) is 37.2. The van der Waals surface area contributed by atoms with Crippen LogP contribution in [-0.4, -0.2) is 142 Å². The van der Waals surface area contributed by atoms with E-state index in [9.17, 15) is 45.3 Å². The van der Waals surface area contributed by atoms with Gasteiger partial charge in [0, 0.05) is 12.8 Å². The smallest absolute Gasteiger partial charge is 0.306 e. The molecule has 0 amide bonds. The van der Waals surface area contributed by atoms with Gasteiger partial charge >= 0.3 is 11.9 Å². The van der Waals surface area contributed by atoms with Gasteiger partial charge in [0.05, 0.1) is 19.8 Å². The SMILES string of the molecule is CC/C=C/C=C/C=C/C=C/CCCCCC(=O)OC(COC(=O)CCC/C=C/C/C=C/C/C=C/C/C=C/C/C=C/C/C=C/C/C=C/CC)CO[C@@H]1O[C@H](CO[C@@H]2O[C@H](CO)[C@H](O)C(O)C2O)[C@H](O)C(O)C1O. The third-order valence-electron chi connectivity index (χ3n) is 11.2. The van der Waals surface area contributed by atoms with Crippen molar-refractivity contribution in [2.45, 2.75) is 184 Å². The lowest BCUT2D eigenvalue weighted by Gasteiger charge is -2.42. The lowest BCUT2D eigenvalue weighted by atomic mass is 9.98. The molecule has 0 spiro atoms. The van der Waals surface area contributed by atoms with Crippen LogP contribution in [0.1, 0.15) is 117 Å². The van der Waals surface area contributed by atoms with E-state index >= 15 is 0 Å². The van der Waals surface area contributed by atoms with E-state index in [1.54, 1.807) is 0 Å². The maximum absolute atomic E-state index is 13.0. The van der Waals surface area contributed by atoms with Crippen LogP contribution in [0.5, 0.6) is 0 Å². The summed E-state index contributed by atoms with van der Waals surface area (Å²) >= 11 is 0. The molecule has 0 aromatic heterocycles. The molecule has 2 aliphatic rings. The fraction of sp³-hybridized carbons (Fsp3) is 0.579. The number of aliphatic hydroxyl groups is 7. The molecule has 0 aromatic rings. The maximum Gasteiger partial charge on any atom is 0.306 e. The highest BCUT2D eigenvalue weighted by molar-refractivity contribution is 5.70. The first-order chi connectivity index (χ1) is 35.0. The molecule has 2 saturated heterocycles. The molecule has 0 saturated carbocycles. The summed E-state index contributed by atoms with van der Waals surface area (Å²) in [5, 5.41) is 72.1. The van der Waals surface area contributed by atoms with E-state index in [-0.39, 0.29) is 19.4 Å². The van der Waals surface area contributed by atoms with Crippen LogP contribution in [0.3, 0.4) is 0 Å². The quantitative estimate of drug-likeness (QED) is 0.0138. The predicted molar refractivity (Wildman–Crippen MR) is 279 cm³/mol. The van der Waals surface area contributed by atoms with Gasteiger partial charge < -0.3 is 64.2 Å². The molecular formula is C57H86O15. The van der Waals surface area contributed by atoms with Gasteiger partial charge in [0.15, 0.2) is 18.7 Å². The van der Waals surface area contributed by atoms with Crippen LogP contribution in [0, 0.1) is 0 Å². The first-order valence-electron chi connectivity index (χ1n) is 25.8. The van der Waals surface area contributed by atoms with Crippen LogP contribution in [-0.2, 0) is 38.0 Å². The molecule has 15 heteroatoms. The summed E-state index contributed by atoms with van der Waals surface area (Å²) in [6, 6.07) is 0. The zero-order valence-electron chi connectivity index (χ0n) is 42.6. The van der Waals surface area contributed by atoms with Gasteiger partial charge in [0.25, 0.3) is 0 Å². The minimum atomic E-state index is -1.79. The molecule has 7 N–H and O–H groups in total. The topological polar surface area (TPSA) is 231 Å². The highest BCUT2D eigenvalue weighted by Gasteiger charge is 2.47. The van der Waals surface area contributed by atoms with E-state index in [1.165, 1.54) is 0 Å². The predicted octanol–water partition coefficient (Wildman–Crippen LogP) is 7.48. The minimum absolute atomic E-state index is 0.0971. The maximum atomic E-state index is 13.0. The van der Waals surface area contributed by atoms with Crippen molar-refractivity contribution >= 4 is 11.9 Å². The van der Waals surface area contributed by atoms with Crippen molar-refractivity contribution in [1.29, 1.82) is 0 Å². The Bertz CT molecular complexity index is 1760. The van der Waals surface area contributed by atoms with Crippen molar-refractivity contribution in [2.75, 3.05) is 26.4 Å². The largest absolute Gasteiger partial charge is 0.462 e. The van der Waals surface area contributed by atoms with Gasteiger partial charge in [-0.3, -0.25) is 9.59 Å². The molecule has 11 atom stereocenters. The number of hydrogen-bond donors (Lipinski definition) is 7. The number of carbonyl (C=O) groups excluding carboxylic acids is 2. The van der Waals surface area contributed by atoms with Gasteiger partial charge in [-0.25, -0.2) is 0 Å². The number of hydrogen-bond acceptors (Lipinski definition) is 15. The minimum Gasteiger partial charge on any atom is -0.462 e. The molecule has 0 aromatic carbocycles. The number of aliphatic hydroxyl groups excluding tert-OH is 7. The Morgan fingerprint density at radius 2 is 0.917 bits per heavy atom. The van der Waals surface area contributed by atoms with Crippen molar-refractivity contribution in [3.63, 3.8) is 0 Å². The molecule has 15 nitrogen and oxygen atoms in total. The summed E-state index contributed by atoms with van der Waals surface area (Å²) in [7, 11) is 0. The summed E-state index contributed by atoms with van der Waals surface area (Å²) in [6.07, 6.45) is 40.6. The summed E-state index contributed by atoms with van der Waals surface area (Å²) in [4.78, 5) is 25.7. The van der Waals surface area contributed by atoms with E-state index in [2.05, 4.69) is 98.9 Å². The van der Waals surface area contributed by atoms with Crippen LogP contribution in [0.2, 0.25) is 0 Å². The number of unbranched alkanes of at least 4 members (excludes halogenated alkanes) is 4. The Balaban J connectivity index is 1.83. The van der Waals surface area contributed by atoms with Gasteiger partial charge in [-0.2, -0.15) is 0 Å². The summed E-state index contributed by atoms with van der Waals surface area (Å²) in [5.74, 6) is -1.06. The van der Waals surface area contributed by atoms with Gasteiger partial charge in [0.2, 0.25) is 0 Å². The monoisotopic (exact) mass is 1010 g/mol. The summed E-state index contributed by atoms with van der Waals surface area (Å²) in [5.41, 5.74) is 0. The van der Waals surface area contributed by atoms with Crippen molar-refractivity contribution in [3.05, 3.63) is 134 Å². The lowest BCUT2D eigenvalue weighted by molar-refractivity contribution is -0.332. The molecule has 0 radical (unpaired) electrons. The molecule has 2 fully saturated rings. The van der Waals surface area contributed by atoms with E-state index in [4.69, 9.17) is 28.4 Å². The molecule has 0 bridgehead atoms. The van der Waals surface area contributed by atoms with Crippen LogP contribution in [0.15, 0.2) is 134 Å². The Morgan fingerprint density at radius 3 is 1.47 bits per heavy atom. The fourth-order valence-corrected chi connectivity index (χ4v) is 7.04. The first-order valence-corrected chi connectivity index (χ1v) is 25.8. The van der Waals surface area contributed by atoms with Crippen molar-refractivity contribution in [1.82, 2.24) is 0 Å². The normalized spacial score (nSPS) is 26.1. The number of rotatable bonds is 37. The highest BCUT2D eigenvalue weighted by Crippen LogP contribution is 2.26. The molecule has 5 unspecified atom stereocenters.